The monoisotopic (exact) mass is 396 g/mol. The summed E-state index contributed by atoms with van der Waals surface area (Å²) in [5, 5.41) is 5.53. The molecule has 3 heterocycles. The average Bonchev–Trinajstić information content (AvgIpc) is 2.97. The molecule has 1 aromatic carbocycles. The Bertz CT molecular complexity index is 1130. The quantitative estimate of drug-likeness (QED) is 0.681. The summed E-state index contributed by atoms with van der Waals surface area (Å²) in [6.07, 6.45) is 4.79. The number of nitrogens with zero attached hydrogens (tertiary/aromatic N) is 4. The third-order valence-electron chi connectivity index (χ3n) is 5.89. The molecule has 0 N–H and O–H groups in total. The van der Waals surface area contributed by atoms with Crippen LogP contribution in [0.5, 0.6) is 0 Å². The van der Waals surface area contributed by atoms with Gasteiger partial charge >= 0.3 is 0 Å². The van der Waals surface area contributed by atoms with Crippen molar-refractivity contribution in [1.82, 2.24) is 19.2 Å². The van der Waals surface area contributed by atoms with E-state index in [2.05, 4.69) is 5.10 Å². The molecule has 6 nitrogen and oxygen atoms in total. The van der Waals surface area contributed by atoms with E-state index in [1.807, 2.05) is 23.3 Å². The van der Waals surface area contributed by atoms with Gasteiger partial charge in [0.25, 0.3) is 5.56 Å². The van der Waals surface area contributed by atoms with E-state index in [0.29, 0.717) is 17.5 Å². The molecule has 0 aliphatic carbocycles. The number of benzene rings is 1. The fourth-order valence-electron chi connectivity index (χ4n) is 4.16. The number of piperidine rings is 1. The Morgan fingerprint density at radius 1 is 1.10 bits per heavy atom. The number of aromatic nitrogens is 3. The van der Waals surface area contributed by atoms with Crippen molar-refractivity contribution in [3.63, 3.8) is 0 Å². The van der Waals surface area contributed by atoms with Gasteiger partial charge in [0.1, 0.15) is 12.4 Å². The van der Waals surface area contributed by atoms with E-state index < -0.39 is 0 Å². The molecular weight excluding hydrogens is 371 g/mol. The summed E-state index contributed by atoms with van der Waals surface area (Å²) in [5.74, 6) is -0.342. The predicted octanol–water partition coefficient (Wildman–Crippen LogP) is 3.01. The van der Waals surface area contributed by atoms with Gasteiger partial charge in [0.15, 0.2) is 0 Å². The number of carbonyl (C=O) groups is 1. The van der Waals surface area contributed by atoms with Crippen molar-refractivity contribution < 1.29 is 9.18 Å². The lowest BCUT2D eigenvalue weighted by Gasteiger charge is -2.26. The number of fused-ring (bicyclic) bond motifs is 1. The predicted molar refractivity (Wildman–Crippen MR) is 109 cm³/mol. The largest absolute Gasteiger partial charge is 0.343 e. The zero-order valence-corrected chi connectivity index (χ0v) is 16.8. The summed E-state index contributed by atoms with van der Waals surface area (Å²) in [6.45, 7) is 5.53. The number of amides is 1. The zero-order valence-electron chi connectivity index (χ0n) is 16.8. The molecule has 1 aliphatic heterocycles. The van der Waals surface area contributed by atoms with Crippen molar-refractivity contribution >= 4 is 16.7 Å². The Morgan fingerprint density at radius 3 is 2.55 bits per heavy atom. The lowest BCUT2D eigenvalue weighted by atomic mass is 10.1. The Hall–Kier alpha value is -2.96. The highest BCUT2D eigenvalue weighted by atomic mass is 19.1. The van der Waals surface area contributed by atoms with Crippen LogP contribution in [0.2, 0.25) is 0 Å². The van der Waals surface area contributed by atoms with Crippen LogP contribution >= 0.6 is 0 Å². The van der Waals surface area contributed by atoms with Crippen LogP contribution in [0.3, 0.4) is 0 Å². The molecule has 152 valence electrons. The van der Waals surface area contributed by atoms with Crippen LogP contribution in [0.4, 0.5) is 4.39 Å². The first-order chi connectivity index (χ1) is 14.0. The molecule has 0 saturated carbocycles. The van der Waals surface area contributed by atoms with Gasteiger partial charge < -0.3 is 9.47 Å². The minimum absolute atomic E-state index is 0.0498. The molecule has 0 bridgehead atoms. The van der Waals surface area contributed by atoms with Crippen LogP contribution in [0.15, 0.2) is 35.3 Å². The number of aryl methyl sites for hydroxylation is 2. The molecule has 1 aliphatic rings. The Morgan fingerprint density at radius 2 is 1.83 bits per heavy atom. The van der Waals surface area contributed by atoms with Crippen molar-refractivity contribution in [2.45, 2.75) is 46.2 Å². The number of carbonyl (C=O) groups excluding carboxylic acids is 1. The maximum absolute atomic E-state index is 14.1. The van der Waals surface area contributed by atoms with Crippen molar-refractivity contribution in [1.29, 1.82) is 0 Å². The first-order valence-electron chi connectivity index (χ1n) is 10.0. The Kier molecular flexibility index (Phi) is 5.22. The van der Waals surface area contributed by atoms with E-state index in [0.717, 1.165) is 49.1 Å². The van der Waals surface area contributed by atoms with Gasteiger partial charge in [-0.1, -0.05) is 18.2 Å². The number of likely N-dealkylation sites (tertiary alicyclic amines) is 1. The molecule has 0 unspecified atom stereocenters. The molecule has 3 aromatic rings. The van der Waals surface area contributed by atoms with Crippen molar-refractivity contribution in [3.05, 3.63) is 63.6 Å². The van der Waals surface area contributed by atoms with Gasteiger partial charge in [-0.05, 0) is 39.2 Å². The smallest absolute Gasteiger partial charge is 0.276 e. The van der Waals surface area contributed by atoms with Crippen molar-refractivity contribution in [3.8, 4) is 0 Å². The van der Waals surface area contributed by atoms with E-state index in [1.54, 1.807) is 24.4 Å². The van der Waals surface area contributed by atoms with Gasteiger partial charge in [0.2, 0.25) is 5.91 Å². The van der Waals surface area contributed by atoms with Crippen LogP contribution in [0, 0.1) is 19.7 Å². The molecule has 0 spiro atoms. The molecule has 7 heteroatoms. The van der Waals surface area contributed by atoms with E-state index in [4.69, 9.17) is 0 Å². The van der Waals surface area contributed by atoms with E-state index in [1.165, 1.54) is 10.7 Å². The standard InChI is InChI=1S/C22H25FN4O2/c1-15-18-12-24-27(14-20(28)25-10-6-3-7-11-25)22(29)21(18)16(2)26(15)13-17-8-4-5-9-19(17)23/h4-5,8-9,12H,3,6-7,10-11,13-14H2,1-2H3. The third kappa shape index (κ3) is 3.57. The molecule has 1 amide bonds. The Labute approximate surface area is 168 Å². The molecule has 1 saturated heterocycles. The second-order valence-corrected chi connectivity index (χ2v) is 7.69. The first-order valence-corrected chi connectivity index (χ1v) is 10.0. The van der Waals surface area contributed by atoms with Crippen LogP contribution in [-0.2, 0) is 17.9 Å². The average molecular weight is 396 g/mol. The van der Waals surface area contributed by atoms with Crippen LogP contribution < -0.4 is 5.56 Å². The van der Waals surface area contributed by atoms with E-state index in [9.17, 15) is 14.0 Å². The minimum atomic E-state index is -0.277. The lowest BCUT2D eigenvalue weighted by molar-refractivity contribution is -0.133. The Balaban J connectivity index is 1.69. The summed E-state index contributed by atoms with van der Waals surface area (Å²) in [4.78, 5) is 27.5. The van der Waals surface area contributed by atoms with E-state index >= 15 is 0 Å². The van der Waals surface area contributed by atoms with Gasteiger partial charge in [-0.2, -0.15) is 5.10 Å². The summed E-state index contributed by atoms with van der Waals surface area (Å²) in [6, 6.07) is 6.64. The highest BCUT2D eigenvalue weighted by Gasteiger charge is 2.21. The number of hydrogen-bond donors (Lipinski definition) is 0. The number of halogens is 1. The molecule has 2 aromatic heterocycles. The lowest BCUT2D eigenvalue weighted by Crippen LogP contribution is -2.40. The SMILES string of the molecule is Cc1c2cnn(CC(=O)N3CCCCC3)c(=O)c2c(C)n1Cc1ccccc1F. The van der Waals surface area contributed by atoms with Crippen molar-refractivity contribution in [2.75, 3.05) is 13.1 Å². The topological polar surface area (TPSA) is 60.1 Å². The summed E-state index contributed by atoms with van der Waals surface area (Å²) in [7, 11) is 0. The van der Waals surface area contributed by atoms with Gasteiger partial charge in [0.05, 0.1) is 18.1 Å². The summed E-state index contributed by atoms with van der Waals surface area (Å²) in [5.41, 5.74) is 1.90. The van der Waals surface area contributed by atoms with Crippen LogP contribution in [0.25, 0.3) is 10.8 Å². The molecular formula is C22H25FN4O2. The molecule has 1 fully saturated rings. The summed E-state index contributed by atoms with van der Waals surface area (Å²) < 4.78 is 17.3. The normalized spacial score (nSPS) is 14.5. The first kappa shape index (κ1) is 19.4. The van der Waals surface area contributed by atoms with Crippen LogP contribution in [0.1, 0.15) is 36.2 Å². The maximum Gasteiger partial charge on any atom is 0.276 e. The molecule has 0 atom stereocenters. The zero-order chi connectivity index (χ0) is 20.5. The maximum atomic E-state index is 14.1. The minimum Gasteiger partial charge on any atom is -0.343 e. The second kappa shape index (κ2) is 7.81. The fourth-order valence-corrected chi connectivity index (χ4v) is 4.16. The molecule has 29 heavy (non-hydrogen) atoms. The van der Waals surface area contributed by atoms with Gasteiger partial charge in [-0.15, -0.1) is 0 Å². The summed E-state index contributed by atoms with van der Waals surface area (Å²) >= 11 is 0. The van der Waals surface area contributed by atoms with E-state index in [-0.39, 0.29) is 23.8 Å². The van der Waals surface area contributed by atoms with Crippen LogP contribution in [-0.4, -0.2) is 38.2 Å². The third-order valence-corrected chi connectivity index (χ3v) is 5.89. The second-order valence-electron chi connectivity index (χ2n) is 7.69. The highest BCUT2D eigenvalue weighted by Crippen LogP contribution is 2.23. The van der Waals surface area contributed by atoms with Gasteiger partial charge in [0, 0.05) is 35.4 Å². The highest BCUT2D eigenvalue weighted by molar-refractivity contribution is 5.87. The van der Waals surface area contributed by atoms with Crippen molar-refractivity contribution in [2.24, 2.45) is 0 Å². The fraction of sp³-hybridized carbons (Fsp3) is 0.409. The molecule has 0 radical (unpaired) electrons. The number of hydrogen-bond acceptors (Lipinski definition) is 3. The number of rotatable bonds is 4. The van der Waals surface area contributed by atoms with Gasteiger partial charge in [-0.3, -0.25) is 9.59 Å². The van der Waals surface area contributed by atoms with Gasteiger partial charge in [-0.25, -0.2) is 9.07 Å². The molecule has 4 rings (SSSR count).